The number of rotatable bonds is 5. The van der Waals surface area contributed by atoms with Crippen LogP contribution in [-0.2, 0) is 4.79 Å². The van der Waals surface area contributed by atoms with Crippen LogP contribution >= 0.6 is 0 Å². The molecule has 0 aliphatic heterocycles. The lowest BCUT2D eigenvalue weighted by molar-refractivity contribution is -0.131. The molecule has 6 heteroatoms. The number of ether oxygens (including phenoxy) is 1. The molecule has 0 unspecified atom stereocenters. The fraction of sp³-hybridized carbons (Fsp3) is 0.125. The van der Waals surface area contributed by atoms with Gasteiger partial charge in [0.2, 0.25) is 0 Å². The van der Waals surface area contributed by atoms with Crippen molar-refractivity contribution >= 4 is 29.2 Å². The first-order valence-corrected chi connectivity index (χ1v) is 9.40. The number of carbonyl (C=O) groups excluding carboxylic acids is 3. The molecule has 0 aliphatic carbocycles. The first-order chi connectivity index (χ1) is 14.3. The van der Waals surface area contributed by atoms with E-state index in [0.717, 1.165) is 11.1 Å². The van der Waals surface area contributed by atoms with E-state index in [-0.39, 0.29) is 11.8 Å². The van der Waals surface area contributed by atoms with Gasteiger partial charge in [-0.3, -0.25) is 14.4 Å². The van der Waals surface area contributed by atoms with Crippen molar-refractivity contribution in [2.24, 2.45) is 0 Å². The van der Waals surface area contributed by atoms with Crippen LogP contribution < -0.4 is 15.4 Å². The molecule has 6 nitrogen and oxygen atoms in total. The second kappa shape index (κ2) is 9.05. The topological polar surface area (TPSA) is 84.5 Å². The molecule has 0 atom stereocenters. The van der Waals surface area contributed by atoms with Crippen molar-refractivity contribution in [1.29, 1.82) is 0 Å². The Morgan fingerprint density at radius 1 is 0.700 bits per heavy atom. The van der Waals surface area contributed by atoms with Crippen molar-refractivity contribution in [3.63, 3.8) is 0 Å². The average Bonchev–Trinajstić information content (AvgIpc) is 2.70. The van der Waals surface area contributed by atoms with Crippen molar-refractivity contribution in [3.05, 3.63) is 89.0 Å². The maximum absolute atomic E-state index is 12.5. The molecule has 0 aliphatic rings. The van der Waals surface area contributed by atoms with Gasteiger partial charge in [0.25, 0.3) is 11.8 Å². The maximum atomic E-state index is 12.5. The Hall–Kier alpha value is -3.93. The van der Waals surface area contributed by atoms with E-state index >= 15 is 0 Å². The SMILES string of the molecule is CC(=O)Oc1cccc(C(=O)Nc2cccc(NC(=O)c3ccc(C)c(C)c3)c2)c1. The Bertz CT molecular complexity index is 1120. The largest absolute Gasteiger partial charge is 0.427 e. The van der Waals surface area contributed by atoms with Crippen molar-refractivity contribution in [2.45, 2.75) is 20.8 Å². The average molecular weight is 402 g/mol. The summed E-state index contributed by atoms with van der Waals surface area (Å²) in [5.41, 5.74) is 4.15. The molecule has 2 amide bonds. The van der Waals surface area contributed by atoms with Gasteiger partial charge in [-0.1, -0.05) is 18.2 Å². The van der Waals surface area contributed by atoms with Gasteiger partial charge in [0.05, 0.1) is 0 Å². The van der Waals surface area contributed by atoms with Gasteiger partial charge in [-0.05, 0) is 73.5 Å². The van der Waals surface area contributed by atoms with E-state index in [0.29, 0.717) is 28.3 Å². The first-order valence-electron chi connectivity index (χ1n) is 9.40. The molecule has 0 bridgehead atoms. The van der Waals surface area contributed by atoms with E-state index in [9.17, 15) is 14.4 Å². The van der Waals surface area contributed by atoms with Crippen LogP contribution in [0.1, 0.15) is 38.8 Å². The zero-order valence-corrected chi connectivity index (χ0v) is 17.0. The summed E-state index contributed by atoms with van der Waals surface area (Å²) in [6, 6.07) is 18.7. The lowest BCUT2D eigenvalue weighted by atomic mass is 10.1. The third-order valence-corrected chi connectivity index (χ3v) is 4.51. The van der Waals surface area contributed by atoms with Crippen LogP contribution in [0, 0.1) is 13.8 Å². The first kappa shape index (κ1) is 20.8. The number of anilines is 2. The highest BCUT2D eigenvalue weighted by Gasteiger charge is 2.11. The monoisotopic (exact) mass is 402 g/mol. The summed E-state index contributed by atoms with van der Waals surface area (Å²) >= 11 is 0. The number of nitrogens with one attached hydrogen (secondary N) is 2. The minimum absolute atomic E-state index is 0.226. The highest BCUT2D eigenvalue weighted by Crippen LogP contribution is 2.19. The second-order valence-corrected chi connectivity index (χ2v) is 6.91. The minimum Gasteiger partial charge on any atom is -0.427 e. The summed E-state index contributed by atoms with van der Waals surface area (Å²) in [4.78, 5) is 36.1. The van der Waals surface area contributed by atoms with E-state index in [1.165, 1.54) is 13.0 Å². The third kappa shape index (κ3) is 5.32. The number of carbonyl (C=O) groups is 3. The predicted molar refractivity (Wildman–Crippen MR) is 116 cm³/mol. The summed E-state index contributed by atoms with van der Waals surface area (Å²) in [6.07, 6.45) is 0. The molecule has 0 fully saturated rings. The minimum atomic E-state index is -0.459. The number of hydrogen-bond donors (Lipinski definition) is 2. The molecule has 0 saturated heterocycles. The molecule has 3 aromatic carbocycles. The standard InChI is InChI=1S/C24H22N2O4/c1-15-10-11-19(12-16(15)2)24(29)26-21-8-5-7-20(14-21)25-23(28)18-6-4-9-22(13-18)30-17(3)27/h4-14H,1-3H3,(H,25,28)(H,26,29). The Morgan fingerprint density at radius 3 is 1.90 bits per heavy atom. The van der Waals surface area contributed by atoms with Crippen molar-refractivity contribution in [3.8, 4) is 5.75 Å². The Balaban J connectivity index is 1.71. The smallest absolute Gasteiger partial charge is 0.308 e. The molecular weight excluding hydrogens is 380 g/mol. The number of amides is 2. The molecule has 3 aromatic rings. The fourth-order valence-electron chi connectivity index (χ4n) is 2.83. The molecule has 2 N–H and O–H groups in total. The molecular formula is C24H22N2O4. The molecule has 30 heavy (non-hydrogen) atoms. The summed E-state index contributed by atoms with van der Waals surface area (Å²) < 4.78 is 5.01. The van der Waals surface area contributed by atoms with Gasteiger partial charge in [0.15, 0.2) is 0 Å². The zero-order chi connectivity index (χ0) is 21.7. The highest BCUT2D eigenvalue weighted by atomic mass is 16.5. The van der Waals surface area contributed by atoms with Gasteiger partial charge in [-0.25, -0.2) is 0 Å². The van der Waals surface area contributed by atoms with Crippen molar-refractivity contribution < 1.29 is 19.1 Å². The van der Waals surface area contributed by atoms with Crippen LogP contribution in [0.15, 0.2) is 66.7 Å². The van der Waals surface area contributed by atoms with Gasteiger partial charge >= 0.3 is 5.97 Å². The van der Waals surface area contributed by atoms with E-state index in [1.807, 2.05) is 26.0 Å². The molecule has 3 rings (SSSR count). The van der Waals surface area contributed by atoms with Crippen LogP contribution in [0.25, 0.3) is 0 Å². The predicted octanol–water partition coefficient (Wildman–Crippen LogP) is 4.73. The number of aryl methyl sites for hydroxylation is 2. The number of hydrogen-bond acceptors (Lipinski definition) is 4. The summed E-state index contributed by atoms with van der Waals surface area (Å²) in [6.45, 7) is 5.24. The van der Waals surface area contributed by atoms with E-state index in [4.69, 9.17) is 4.74 Å². The van der Waals surface area contributed by atoms with E-state index < -0.39 is 5.97 Å². The lowest BCUT2D eigenvalue weighted by Crippen LogP contribution is -2.14. The molecule has 152 valence electrons. The van der Waals surface area contributed by atoms with Crippen LogP contribution in [0.2, 0.25) is 0 Å². The van der Waals surface area contributed by atoms with Crippen LogP contribution in [0.5, 0.6) is 5.75 Å². The van der Waals surface area contributed by atoms with Gasteiger partial charge in [-0.15, -0.1) is 0 Å². The third-order valence-electron chi connectivity index (χ3n) is 4.51. The van der Waals surface area contributed by atoms with E-state index in [1.54, 1.807) is 48.5 Å². The molecule has 0 radical (unpaired) electrons. The quantitative estimate of drug-likeness (QED) is 0.477. The summed E-state index contributed by atoms with van der Waals surface area (Å²) in [5, 5.41) is 5.62. The highest BCUT2D eigenvalue weighted by molar-refractivity contribution is 6.06. The molecule has 0 heterocycles. The van der Waals surface area contributed by atoms with Gasteiger partial charge in [0, 0.05) is 29.4 Å². The molecule has 0 aromatic heterocycles. The number of benzene rings is 3. The maximum Gasteiger partial charge on any atom is 0.308 e. The van der Waals surface area contributed by atoms with Gasteiger partial charge in [-0.2, -0.15) is 0 Å². The van der Waals surface area contributed by atoms with Crippen LogP contribution in [0.4, 0.5) is 11.4 Å². The van der Waals surface area contributed by atoms with Crippen LogP contribution in [-0.4, -0.2) is 17.8 Å². The van der Waals surface area contributed by atoms with Crippen molar-refractivity contribution in [1.82, 2.24) is 0 Å². The molecule has 0 saturated carbocycles. The number of esters is 1. The molecule has 0 spiro atoms. The fourth-order valence-corrected chi connectivity index (χ4v) is 2.83. The van der Waals surface area contributed by atoms with Gasteiger partial charge < -0.3 is 15.4 Å². The zero-order valence-electron chi connectivity index (χ0n) is 17.0. The van der Waals surface area contributed by atoms with Crippen LogP contribution in [0.3, 0.4) is 0 Å². The lowest BCUT2D eigenvalue weighted by Gasteiger charge is -2.10. The Kier molecular flexibility index (Phi) is 6.27. The Labute approximate surface area is 174 Å². The summed E-state index contributed by atoms with van der Waals surface area (Å²) in [7, 11) is 0. The second-order valence-electron chi connectivity index (χ2n) is 6.91. The summed E-state index contributed by atoms with van der Waals surface area (Å²) in [5.74, 6) is -0.748. The normalized spacial score (nSPS) is 10.2. The Morgan fingerprint density at radius 2 is 1.30 bits per heavy atom. The van der Waals surface area contributed by atoms with Gasteiger partial charge in [0.1, 0.15) is 5.75 Å². The van der Waals surface area contributed by atoms with Crippen molar-refractivity contribution in [2.75, 3.05) is 10.6 Å². The van der Waals surface area contributed by atoms with E-state index in [2.05, 4.69) is 10.6 Å².